The summed E-state index contributed by atoms with van der Waals surface area (Å²) in [5.74, 6) is 2.11. The molecule has 0 aliphatic heterocycles. The molecule has 0 amide bonds. The van der Waals surface area contributed by atoms with E-state index < -0.39 is 5.54 Å². The van der Waals surface area contributed by atoms with Gasteiger partial charge >= 0.3 is 5.97 Å². The standard InChI is InChI=1S/C13H14INO2/c1-4-9-15-13(2,12(16)17-3)10-5-7-11(14)8-6-10/h1,5-8,15H,9H2,2-3H3. The Kier molecular flexibility index (Phi) is 4.97. The molecule has 0 heterocycles. The zero-order chi connectivity index (χ0) is 12.9. The Hall–Kier alpha value is -1.06. The topological polar surface area (TPSA) is 38.3 Å². The molecule has 3 nitrogen and oxygen atoms in total. The Morgan fingerprint density at radius 2 is 2.12 bits per heavy atom. The van der Waals surface area contributed by atoms with E-state index >= 15 is 0 Å². The van der Waals surface area contributed by atoms with Crippen LogP contribution in [0.1, 0.15) is 12.5 Å². The molecule has 1 aromatic carbocycles. The van der Waals surface area contributed by atoms with Crippen LogP contribution in [0, 0.1) is 15.9 Å². The lowest BCUT2D eigenvalue weighted by atomic mass is 9.92. The Morgan fingerprint density at radius 1 is 1.53 bits per heavy atom. The molecule has 0 aliphatic rings. The molecule has 0 aromatic heterocycles. The second-order valence-corrected chi connectivity index (χ2v) is 4.93. The van der Waals surface area contributed by atoms with Crippen LogP contribution in [0.5, 0.6) is 0 Å². The SMILES string of the molecule is C#CCNC(C)(C(=O)OC)c1ccc(I)cc1. The van der Waals surface area contributed by atoms with Gasteiger partial charge in [0.05, 0.1) is 13.7 Å². The van der Waals surface area contributed by atoms with E-state index in [1.54, 1.807) is 6.92 Å². The van der Waals surface area contributed by atoms with Crippen molar-refractivity contribution in [3.63, 3.8) is 0 Å². The van der Waals surface area contributed by atoms with Gasteiger partial charge in [0.1, 0.15) is 5.54 Å². The highest BCUT2D eigenvalue weighted by molar-refractivity contribution is 14.1. The second kappa shape index (κ2) is 6.03. The van der Waals surface area contributed by atoms with E-state index in [1.165, 1.54) is 7.11 Å². The van der Waals surface area contributed by atoms with Crippen LogP contribution in [0.2, 0.25) is 0 Å². The van der Waals surface area contributed by atoms with Crippen molar-refractivity contribution in [1.29, 1.82) is 0 Å². The number of methoxy groups -OCH3 is 1. The van der Waals surface area contributed by atoms with Gasteiger partial charge in [0.25, 0.3) is 0 Å². The lowest BCUT2D eigenvalue weighted by Gasteiger charge is -2.27. The van der Waals surface area contributed by atoms with Crippen LogP contribution < -0.4 is 5.32 Å². The zero-order valence-electron chi connectivity index (χ0n) is 9.79. The summed E-state index contributed by atoms with van der Waals surface area (Å²) in [7, 11) is 1.37. The lowest BCUT2D eigenvalue weighted by Crippen LogP contribution is -2.47. The first-order valence-electron chi connectivity index (χ1n) is 5.07. The number of carbonyl (C=O) groups excluding carboxylic acids is 1. The molecule has 1 N–H and O–H groups in total. The summed E-state index contributed by atoms with van der Waals surface area (Å²) in [6, 6.07) is 7.66. The lowest BCUT2D eigenvalue weighted by molar-refractivity contribution is -0.148. The predicted molar refractivity (Wildman–Crippen MR) is 75.4 cm³/mol. The number of rotatable bonds is 4. The van der Waals surface area contributed by atoms with Crippen molar-refractivity contribution in [2.45, 2.75) is 12.5 Å². The second-order valence-electron chi connectivity index (χ2n) is 3.68. The summed E-state index contributed by atoms with van der Waals surface area (Å²) in [5, 5.41) is 3.02. The summed E-state index contributed by atoms with van der Waals surface area (Å²) in [4.78, 5) is 11.9. The van der Waals surface area contributed by atoms with Crippen LogP contribution in [-0.4, -0.2) is 19.6 Å². The Labute approximate surface area is 115 Å². The minimum Gasteiger partial charge on any atom is -0.467 e. The fourth-order valence-corrected chi connectivity index (χ4v) is 1.87. The molecule has 1 atom stereocenters. The highest BCUT2D eigenvalue weighted by atomic mass is 127. The molecule has 1 aromatic rings. The monoisotopic (exact) mass is 343 g/mol. The number of terminal acetylenes is 1. The maximum absolute atomic E-state index is 11.9. The number of hydrogen-bond acceptors (Lipinski definition) is 3. The maximum Gasteiger partial charge on any atom is 0.330 e. The molecule has 0 bridgehead atoms. The van der Waals surface area contributed by atoms with Gasteiger partial charge in [0.2, 0.25) is 0 Å². The van der Waals surface area contributed by atoms with Crippen molar-refractivity contribution >= 4 is 28.6 Å². The normalized spacial score (nSPS) is 13.5. The van der Waals surface area contributed by atoms with E-state index in [0.29, 0.717) is 6.54 Å². The van der Waals surface area contributed by atoms with Crippen molar-refractivity contribution in [3.8, 4) is 12.3 Å². The van der Waals surface area contributed by atoms with Crippen molar-refractivity contribution in [1.82, 2.24) is 5.32 Å². The first-order chi connectivity index (χ1) is 8.04. The fraction of sp³-hybridized carbons (Fsp3) is 0.308. The van der Waals surface area contributed by atoms with Crippen molar-refractivity contribution in [2.75, 3.05) is 13.7 Å². The van der Waals surface area contributed by atoms with Crippen molar-refractivity contribution < 1.29 is 9.53 Å². The van der Waals surface area contributed by atoms with Crippen LogP contribution in [-0.2, 0) is 15.1 Å². The van der Waals surface area contributed by atoms with E-state index in [1.807, 2.05) is 24.3 Å². The molecule has 4 heteroatoms. The van der Waals surface area contributed by atoms with Gasteiger partial charge in [-0.2, -0.15) is 0 Å². The van der Waals surface area contributed by atoms with Crippen LogP contribution in [0.3, 0.4) is 0 Å². The van der Waals surface area contributed by atoms with E-state index in [2.05, 4.69) is 33.8 Å². The predicted octanol–water partition coefficient (Wildman–Crippen LogP) is 1.90. The molecule has 1 unspecified atom stereocenters. The minimum absolute atomic E-state index is 0.303. The number of halogens is 1. The van der Waals surface area contributed by atoms with Crippen LogP contribution in [0.25, 0.3) is 0 Å². The summed E-state index contributed by atoms with van der Waals surface area (Å²) in [6.45, 7) is 2.07. The maximum atomic E-state index is 11.9. The van der Waals surface area contributed by atoms with Crippen molar-refractivity contribution in [3.05, 3.63) is 33.4 Å². The highest BCUT2D eigenvalue weighted by Crippen LogP contribution is 2.23. The van der Waals surface area contributed by atoms with E-state index in [-0.39, 0.29) is 5.97 Å². The van der Waals surface area contributed by atoms with Gasteiger partial charge in [-0.15, -0.1) is 6.42 Å². The summed E-state index contributed by atoms with van der Waals surface area (Å²) in [5.41, 5.74) is -0.0779. The molecule has 17 heavy (non-hydrogen) atoms. The Morgan fingerprint density at radius 3 is 2.59 bits per heavy atom. The van der Waals surface area contributed by atoms with Gasteiger partial charge in [-0.1, -0.05) is 18.1 Å². The molecule has 0 aliphatic carbocycles. The molecular weight excluding hydrogens is 329 g/mol. The molecule has 0 saturated heterocycles. The van der Waals surface area contributed by atoms with Gasteiger partial charge in [-0.25, -0.2) is 4.79 Å². The van der Waals surface area contributed by atoms with Crippen LogP contribution >= 0.6 is 22.6 Å². The molecule has 90 valence electrons. The average Bonchev–Trinajstić information content (AvgIpc) is 2.35. The largest absolute Gasteiger partial charge is 0.467 e. The average molecular weight is 343 g/mol. The molecule has 0 spiro atoms. The number of nitrogens with one attached hydrogen (secondary N) is 1. The number of carbonyl (C=O) groups is 1. The Balaban J connectivity index is 3.10. The summed E-state index contributed by atoms with van der Waals surface area (Å²) >= 11 is 2.21. The third kappa shape index (κ3) is 3.20. The van der Waals surface area contributed by atoms with E-state index in [4.69, 9.17) is 11.2 Å². The smallest absolute Gasteiger partial charge is 0.330 e. The molecule has 0 radical (unpaired) electrons. The summed E-state index contributed by atoms with van der Waals surface area (Å²) in [6.07, 6.45) is 5.21. The number of esters is 1. The van der Waals surface area contributed by atoms with Gasteiger partial charge in [-0.3, -0.25) is 5.32 Å². The zero-order valence-corrected chi connectivity index (χ0v) is 11.9. The third-order valence-corrected chi connectivity index (χ3v) is 3.28. The van der Waals surface area contributed by atoms with Crippen LogP contribution in [0.4, 0.5) is 0 Å². The minimum atomic E-state index is -0.911. The van der Waals surface area contributed by atoms with Gasteiger partial charge in [0, 0.05) is 3.57 Å². The molecular formula is C13H14INO2. The Bertz CT molecular complexity index is 436. The third-order valence-electron chi connectivity index (χ3n) is 2.56. The first kappa shape index (κ1) is 14.0. The number of benzene rings is 1. The molecule has 1 rings (SSSR count). The summed E-state index contributed by atoms with van der Waals surface area (Å²) < 4.78 is 5.93. The van der Waals surface area contributed by atoms with Crippen molar-refractivity contribution in [2.24, 2.45) is 0 Å². The molecule has 0 fully saturated rings. The van der Waals surface area contributed by atoms with Gasteiger partial charge in [-0.05, 0) is 47.2 Å². The number of hydrogen-bond donors (Lipinski definition) is 1. The van der Waals surface area contributed by atoms with E-state index in [9.17, 15) is 4.79 Å². The first-order valence-corrected chi connectivity index (χ1v) is 6.15. The van der Waals surface area contributed by atoms with Gasteiger partial charge < -0.3 is 4.74 Å². The fourth-order valence-electron chi connectivity index (χ4n) is 1.51. The number of ether oxygens (including phenoxy) is 1. The van der Waals surface area contributed by atoms with Gasteiger partial charge in [0.15, 0.2) is 0 Å². The van der Waals surface area contributed by atoms with Crippen LogP contribution in [0.15, 0.2) is 24.3 Å². The quantitative estimate of drug-likeness (QED) is 0.516. The molecule has 0 saturated carbocycles. The van der Waals surface area contributed by atoms with E-state index in [0.717, 1.165) is 9.13 Å². The highest BCUT2D eigenvalue weighted by Gasteiger charge is 2.35.